The van der Waals surface area contributed by atoms with Gasteiger partial charge in [-0.1, -0.05) is 276 Å². The highest BCUT2D eigenvalue weighted by Crippen LogP contribution is 2.15. The topological polar surface area (TPSA) is 78.9 Å². The van der Waals surface area contributed by atoms with Crippen LogP contribution in [-0.4, -0.2) is 37.2 Å². The predicted octanol–water partition coefficient (Wildman–Crippen LogP) is 23.1. The molecular formula is C75H122O6. The lowest BCUT2D eigenvalue weighted by molar-refractivity contribution is -0.167. The van der Waals surface area contributed by atoms with Gasteiger partial charge < -0.3 is 14.2 Å². The zero-order chi connectivity index (χ0) is 58.5. The zero-order valence-corrected chi connectivity index (χ0v) is 52.5. The van der Waals surface area contributed by atoms with Crippen molar-refractivity contribution >= 4 is 17.9 Å². The first-order valence-electron chi connectivity index (χ1n) is 33.3. The molecule has 0 aromatic carbocycles. The summed E-state index contributed by atoms with van der Waals surface area (Å²) in [5, 5.41) is 0. The van der Waals surface area contributed by atoms with Crippen LogP contribution in [0.4, 0.5) is 0 Å². The fourth-order valence-electron chi connectivity index (χ4n) is 8.88. The summed E-state index contributed by atoms with van der Waals surface area (Å²) in [5.41, 5.74) is 0. The summed E-state index contributed by atoms with van der Waals surface area (Å²) in [6.07, 6.45) is 97.0. The first-order chi connectivity index (χ1) is 40.0. The maximum absolute atomic E-state index is 13.0. The quantitative estimate of drug-likeness (QED) is 0.0261. The van der Waals surface area contributed by atoms with Crippen molar-refractivity contribution in [2.24, 2.45) is 0 Å². The van der Waals surface area contributed by atoms with Gasteiger partial charge in [0.1, 0.15) is 13.2 Å². The van der Waals surface area contributed by atoms with E-state index >= 15 is 0 Å². The molecule has 0 radical (unpaired) electrons. The number of allylic oxidation sites excluding steroid dienone is 24. The van der Waals surface area contributed by atoms with Crippen molar-refractivity contribution in [3.63, 3.8) is 0 Å². The summed E-state index contributed by atoms with van der Waals surface area (Å²) in [5.74, 6) is -0.939. The molecule has 1 atom stereocenters. The Morgan fingerprint density at radius 3 is 0.753 bits per heavy atom. The van der Waals surface area contributed by atoms with E-state index in [1.807, 2.05) is 0 Å². The number of esters is 3. The second-order valence-electron chi connectivity index (χ2n) is 21.6. The van der Waals surface area contributed by atoms with Crippen LogP contribution in [0.2, 0.25) is 0 Å². The van der Waals surface area contributed by atoms with Crippen LogP contribution in [0, 0.1) is 0 Å². The molecule has 0 aromatic heterocycles. The fraction of sp³-hybridized carbons (Fsp3) is 0.640. The van der Waals surface area contributed by atoms with Gasteiger partial charge >= 0.3 is 17.9 Å². The second-order valence-corrected chi connectivity index (χ2v) is 21.6. The maximum Gasteiger partial charge on any atom is 0.306 e. The molecule has 6 heteroatoms. The summed E-state index contributed by atoms with van der Waals surface area (Å²) in [4.78, 5) is 38.4. The molecular weight excluding hydrogens is 997 g/mol. The smallest absolute Gasteiger partial charge is 0.306 e. The van der Waals surface area contributed by atoms with Gasteiger partial charge in [0.25, 0.3) is 0 Å². The Balaban J connectivity index is 4.47. The molecule has 0 aliphatic carbocycles. The average Bonchev–Trinajstić information content (AvgIpc) is 3.47. The molecule has 0 aromatic rings. The summed E-state index contributed by atoms with van der Waals surface area (Å²) in [6.45, 7) is 6.38. The van der Waals surface area contributed by atoms with E-state index in [9.17, 15) is 14.4 Å². The molecule has 6 nitrogen and oxygen atoms in total. The molecule has 0 saturated heterocycles. The van der Waals surface area contributed by atoms with Crippen molar-refractivity contribution < 1.29 is 28.6 Å². The van der Waals surface area contributed by atoms with E-state index in [2.05, 4.69) is 167 Å². The Bertz CT molecular complexity index is 1760. The van der Waals surface area contributed by atoms with Crippen molar-refractivity contribution in [2.45, 2.75) is 297 Å². The lowest BCUT2D eigenvalue weighted by Gasteiger charge is -2.18. The van der Waals surface area contributed by atoms with Crippen molar-refractivity contribution in [1.29, 1.82) is 0 Å². The molecule has 0 aliphatic heterocycles. The largest absolute Gasteiger partial charge is 0.462 e. The Morgan fingerprint density at radius 2 is 0.481 bits per heavy atom. The first kappa shape index (κ1) is 76.3. The van der Waals surface area contributed by atoms with Gasteiger partial charge in [-0.05, 0) is 141 Å². The molecule has 0 amide bonds. The van der Waals surface area contributed by atoms with Crippen molar-refractivity contribution in [3.8, 4) is 0 Å². The van der Waals surface area contributed by atoms with Crippen molar-refractivity contribution in [2.75, 3.05) is 13.2 Å². The van der Waals surface area contributed by atoms with Gasteiger partial charge in [0.05, 0.1) is 0 Å². The standard InChI is InChI=1S/C75H122O6/c1-4-7-10-13-16-19-22-25-28-31-33-35-37-39-41-44-47-50-53-56-59-62-65-68-74(77)80-71-72(70-79-73(76)67-64-61-58-55-52-49-46-43-30-27-24-21-18-15-12-9-6-3)81-75(78)69-66-63-60-57-54-51-48-45-42-40-38-36-34-32-29-26-23-20-17-14-11-8-5-2/h7,9-10,12,16,18-19,21,23,25-28,30,32-35,38-41,46,49,72H,4-6,8,11,13-15,17,20,22,24,29,31,36-37,42-45,47-48,50-71H2,1-3H3/b10-7-,12-9-,19-16-,21-18-,26-23-,28-25-,30-27-,34-32-,35-33-,40-38-,41-39-,49-46-. The molecule has 458 valence electrons. The molecule has 0 fully saturated rings. The number of carbonyl (C=O) groups is 3. The van der Waals surface area contributed by atoms with Crippen molar-refractivity contribution in [3.05, 3.63) is 146 Å². The Hall–Kier alpha value is -4.71. The summed E-state index contributed by atoms with van der Waals surface area (Å²) < 4.78 is 16.9. The Morgan fingerprint density at radius 1 is 0.259 bits per heavy atom. The van der Waals surface area contributed by atoms with Crippen LogP contribution in [-0.2, 0) is 28.6 Å². The van der Waals surface area contributed by atoms with E-state index in [4.69, 9.17) is 14.2 Å². The van der Waals surface area contributed by atoms with Gasteiger partial charge in [-0.15, -0.1) is 0 Å². The normalized spacial score (nSPS) is 13.1. The summed E-state index contributed by atoms with van der Waals surface area (Å²) in [6, 6.07) is 0. The third kappa shape index (κ3) is 66.0. The summed E-state index contributed by atoms with van der Waals surface area (Å²) in [7, 11) is 0. The predicted molar refractivity (Wildman–Crippen MR) is 352 cm³/mol. The third-order valence-electron chi connectivity index (χ3n) is 13.8. The molecule has 0 aliphatic rings. The van der Waals surface area contributed by atoms with Gasteiger partial charge in [-0.2, -0.15) is 0 Å². The van der Waals surface area contributed by atoms with E-state index in [1.165, 1.54) is 96.3 Å². The summed E-state index contributed by atoms with van der Waals surface area (Å²) >= 11 is 0. The Labute approximate surface area is 499 Å². The fourth-order valence-corrected chi connectivity index (χ4v) is 8.88. The van der Waals surface area contributed by atoms with Crippen LogP contribution in [0.1, 0.15) is 290 Å². The lowest BCUT2D eigenvalue weighted by atomic mass is 10.1. The minimum atomic E-state index is -0.806. The van der Waals surface area contributed by atoms with Crippen LogP contribution in [0.15, 0.2) is 146 Å². The van der Waals surface area contributed by atoms with Crippen LogP contribution >= 0.6 is 0 Å². The molecule has 0 saturated carbocycles. The maximum atomic E-state index is 13.0. The third-order valence-corrected chi connectivity index (χ3v) is 13.8. The van der Waals surface area contributed by atoms with Gasteiger partial charge in [0.15, 0.2) is 6.10 Å². The Kier molecular flexibility index (Phi) is 63.9. The highest BCUT2D eigenvalue weighted by atomic mass is 16.6. The number of hydrogen-bond acceptors (Lipinski definition) is 6. The molecule has 81 heavy (non-hydrogen) atoms. The van der Waals surface area contributed by atoms with Gasteiger partial charge in [-0.3, -0.25) is 14.4 Å². The number of ether oxygens (including phenoxy) is 3. The first-order valence-corrected chi connectivity index (χ1v) is 33.3. The zero-order valence-electron chi connectivity index (χ0n) is 52.5. The van der Waals surface area contributed by atoms with E-state index < -0.39 is 6.10 Å². The average molecular weight is 1120 g/mol. The molecule has 0 spiro atoms. The van der Waals surface area contributed by atoms with E-state index in [1.54, 1.807) is 0 Å². The number of rotatable bonds is 59. The minimum absolute atomic E-state index is 0.100. The highest BCUT2D eigenvalue weighted by molar-refractivity contribution is 5.71. The minimum Gasteiger partial charge on any atom is -0.462 e. The van der Waals surface area contributed by atoms with Crippen LogP contribution in [0.5, 0.6) is 0 Å². The van der Waals surface area contributed by atoms with Gasteiger partial charge in [-0.25, -0.2) is 0 Å². The van der Waals surface area contributed by atoms with E-state index in [0.29, 0.717) is 19.3 Å². The number of carbonyl (C=O) groups excluding carboxylic acids is 3. The van der Waals surface area contributed by atoms with Crippen LogP contribution in [0.3, 0.4) is 0 Å². The molecule has 0 bridgehead atoms. The van der Waals surface area contributed by atoms with Crippen molar-refractivity contribution in [1.82, 2.24) is 0 Å². The molecule has 1 unspecified atom stereocenters. The van der Waals surface area contributed by atoms with E-state index in [-0.39, 0.29) is 31.1 Å². The highest BCUT2D eigenvalue weighted by Gasteiger charge is 2.19. The SMILES string of the molecule is CC/C=C\C/C=C\C/C=C\C/C=C\C/C=C\CCCCCCCCCC(=O)OCC(COC(=O)CCCCCC/C=C\C/C=C\C/C=C\C/C=C\CC)OC(=O)CCCCCCCCCC/C=C\C/C=C\C/C=C\CCCCCCC. The van der Waals surface area contributed by atoms with Gasteiger partial charge in [0, 0.05) is 19.3 Å². The monoisotopic (exact) mass is 1120 g/mol. The van der Waals surface area contributed by atoms with Crippen LogP contribution in [0.25, 0.3) is 0 Å². The molecule has 0 rings (SSSR count). The lowest BCUT2D eigenvalue weighted by Crippen LogP contribution is -2.30. The number of hydrogen-bond donors (Lipinski definition) is 0. The second kappa shape index (κ2) is 67.8. The van der Waals surface area contributed by atoms with E-state index in [0.717, 1.165) is 154 Å². The van der Waals surface area contributed by atoms with Crippen LogP contribution < -0.4 is 0 Å². The molecule has 0 heterocycles. The number of unbranched alkanes of at least 4 members (excludes halogenated alkanes) is 24. The van der Waals surface area contributed by atoms with Gasteiger partial charge in [0.2, 0.25) is 0 Å². The molecule has 0 N–H and O–H groups in total.